The first-order valence-electron chi connectivity index (χ1n) is 4.05. The Morgan fingerprint density at radius 1 is 1.64 bits per heavy atom. The van der Waals surface area contributed by atoms with Gasteiger partial charge in [0.2, 0.25) is 0 Å². The summed E-state index contributed by atoms with van der Waals surface area (Å²) in [7, 11) is 0. The van der Waals surface area contributed by atoms with Crippen LogP contribution < -0.4 is 4.74 Å². The first kappa shape index (κ1) is 10.1. The standard InChI is InChI=1S/C11H10O3/c1-3-6-14-10-7-9(11(12)13)5-4-8(10)2/h1,4-5,7H,6H2,2H3,(H,12,13). The highest BCUT2D eigenvalue weighted by Crippen LogP contribution is 2.19. The molecule has 14 heavy (non-hydrogen) atoms. The molecule has 0 amide bonds. The average molecular weight is 190 g/mol. The van der Waals surface area contributed by atoms with Crippen molar-refractivity contribution >= 4 is 5.97 Å². The van der Waals surface area contributed by atoms with Crippen molar-refractivity contribution in [2.75, 3.05) is 6.61 Å². The summed E-state index contributed by atoms with van der Waals surface area (Å²) >= 11 is 0. The third kappa shape index (κ3) is 2.27. The van der Waals surface area contributed by atoms with Crippen LogP contribution in [-0.2, 0) is 0 Å². The molecule has 0 saturated heterocycles. The molecule has 0 aliphatic rings. The van der Waals surface area contributed by atoms with Gasteiger partial charge in [0, 0.05) is 0 Å². The van der Waals surface area contributed by atoms with Gasteiger partial charge in [0.1, 0.15) is 12.4 Å². The summed E-state index contributed by atoms with van der Waals surface area (Å²) in [6.07, 6.45) is 5.03. The summed E-state index contributed by atoms with van der Waals surface area (Å²) in [5.74, 6) is 1.86. The number of aryl methyl sites for hydroxylation is 1. The van der Waals surface area contributed by atoms with Crippen molar-refractivity contribution in [3.8, 4) is 18.1 Å². The predicted octanol–water partition coefficient (Wildman–Crippen LogP) is 1.71. The van der Waals surface area contributed by atoms with Gasteiger partial charge >= 0.3 is 5.97 Å². The molecule has 0 saturated carbocycles. The first-order chi connectivity index (χ1) is 6.65. The second-order valence-corrected chi connectivity index (χ2v) is 2.78. The molecule has 1 N–H and O–H groups in total. The molecular formula is C11H10O3. The lowest BCUT2D eigenvalue weighted by Gasteiger charge is -2.06. The van der Waals surface area contributed by atoms with Gasteiger partial charge in [0.25, 0.3) is 0 Å². The molecule has 72 valence electrons. The molecule has 0 atom stereocenters. The van der Waals surface area contributed by atoms with Crippen LogP contribution in [0.3, 0.4) is 0 Å². The maximum atomic E-state index is 10.6. The Morgan fingerprint density at radius 3 is 2.93 bits per heavy atom. The van der Waals surface area contributed by atoms with Crippen molar-refractivity contribution in [1.82, 2.24) is 0 Å². The van der Waals surface area contributed by atoms with E-state index in [4.69, 9.17) is 16.3 Å². The summed E-state index contributed by atoms with van der Waals surface area (Å²) in [4.78, 5) is 10.6. The number of benzene rings is 1. The molecule has 3 heteroatoms. The zero-order valence-corrected chi connectivity index (χ0v) is 7.78. The Hall–Kier alpha value is -1.95. The lowest BCUT2D eigenvalue weighted by Crippen LogP contribution is -2.00. The van der Waals surface area contributed by atoms with E-state index in [2.05, 4.69) is 5.92 Å². The smallest absolute Gasteiger partial charge is 0.335 e. The first-order valence-corrected chi connectivity index (χ1v) is 4.05. The fraction of sp³-hybridized carbons (Fsp3) is 0.182. The number of hydrogen-bond donors (Lipinski definition) is 1. The second-order valence-electron chi connectivity index (χ2n) is 2.78. The van der Waals surface area contributed by atoms with Crippen LogP contribution in [0.1, 0.15) is 15.9 Å². The average Bonchev–Trinajstić information content (AvgIpc) is 2.16. The van der Waals surface area contributed by atoms with Gasteiger partial charge in [-0.2, -0.15) is 0 Å². The van der Waals surface area contributed by atoms with Crippen LogP contribution in [0.15, 0.2) is 18.2 Å². The highest BCUT2D eigenvalue weighted by molar-refractivity contribution is 5.88. The van der Waals surface area contributed by atoms with E-state index in [1.807, 2.05) is 6.92 Å². The number of terminal acetylenes is 1. The highest BCUT2D eigenvalue weighted by Gasteiger charge is 2.06. The van der Waals surface area contributed by atoms with Crippen LogP contribution in [0.4, 0.5) is 0 Å². The number of rotatable bonds is 3. The van der Waals surface area contributed by atoms with Crippen LogP contribution in [0.5, 0.6) is 5.75 Å². The number of carboxylic acid groups (broad SMARTS) is 1. The van der Waals surface area contributed by atoms with Gasteiger partial charge in [-0.05, 0) is 24.6 Å². The highest BCUT2D eigenvalue weighted by atomic mass is 16.5. The van der Waals surface area contributed by atoms with E-state index in [0.717, 1.165) is 5.56 Å². The van der Waals surface area contributed by atoms with Gasteiger partial charge < -0.3 is 9.84 Å². The number of carbonyl (C=O) groups is 1. The molecule has 1 rings (SSSR count). The molecule has 0 spiro atoms. The van der Waals surface area contributed by atoms with Crippen molar-refractivity contribution < 1.29 is 14.6 Å². The van der Waals surface area contributed by atoms with Crippen molar-refractivity contribution in [2.45, 2.75) is 6.92 Å². The molecule has 1 aromatic carbocycles. The van der Waals surface area contributed by atoms with Gasteiger partial charge in [-0.1, -0.05) is 12.0 Å². The van der Waals surface area contributed by atoms with Gasteiger partial charge in [0.15, 0.2) is 0 Å². The van der Waals surface area contributed by atoms with Crippen molar-refractivity contribution in [1.29, 1.82) is 0 Å². The largest absolute Gasteiger partial charge is 0.481 e. The van der Waals surface area contributed by atoms with E-state index in [1.165, 1.54) is 12.1 Å². The maximum absolute atomic E-state index is 10.6. The fourth-order valence-corrected chi connectivity index (χ4v) is 1.01. The lowest BCUT2D eigenvalue weighted by atomic mass is 10.1. The fourth-order valence-electron chi connectivity index (χ4n) is 1.01. The van der Waals surface area contributed by atoms with Crippen LogP contribution in [0, 0.1) is 19.3 Å². The maximum Gasteiger partial charge on any atom is 0.335 e. The summed E-state index contributed by atoms with van der Waals surface area (Å²) in [5.41, 5.74) is 1.06. The quantitative estimate of drug-likeness (QED) is 0.738. The Kier molecular flexibility index (Phi) is 3.14. The molecular weight excluding hydrogens is 180 g/mol. The van der Waals surface area contributed by atoms with Crippen LogP contribution in [0.25, 0.3) is 0 Å². The van der Waals surface area contributed by atoms with Crippen LogP contribution in [-0.4, -0.2) is 17.7 Å². The molecule has 0 bridgehead atoms. The van der Waals surface area contributed by atoms with Crippen LogP contribution in [0.2, 0.25) is 0 Å². The van der Waals surface area contributed by atoms with E-state index in [1.54, 1.807) is 6.07 Å². The molecule has 0 aliphatic heterocycles. The molecule has 0 aliphatic carbocycles. The van der Waals surface area contributed by atoms with Gasteiger partial charge in [-0.25, -0.2) is 4.79 Å². The van der Waals surface area contributed by atoms with Crippen molar-refractivity contribution in [2.24, 2.45) is 0 Å². The summed E-state index contributed by atoms with van der Waals surface area (Å²) in [6.45, 7) is 1.97. The van der Waals surface area contributed by atoms with E-state index >= 15 is 0 Å². The number of aromatic carboxylic acids is 1. The second kappa shape index (κ2) is 4.33. The predicted molar refractivity (Wildman–Crippen MR) is 52.5 cm³/mol. The third-order valence-electron chi connectivity index (χ3n) is 1.75. The third-order valence-corrected chi connectivity index (χ3v) is 1.75. The Bertz CT molecular complexity index is 388. The molecule has 0 radical (unpaired) electrons. The van der Waals surface area contributed by atoms with Gasteiger partial charge in [-0.15, -0.1) is 6.42 Å². The molecule has 0 unspecified atom stereocenters. The molecule has 0 heterocycles. The number of hydrogen-bond acceptors (Lipinski definition) is 2. The minimum Gasteiger partial charge on any atom is -0.481 e. The summed E-state index contributed by atoms with van der Waals surface area (Å²) < 4.78 is 5.18. The minimum absolute atomic E-state index is 0.143. The van der Waals surface area contributed by atoms with E-state index in [9.17, 15) is 4.79 Å². The zero-order chi connectivity index (χ0) is 10.6. The summed E-state index contributed by atoms with van der Waals surface area (Å²) in [5, 5.41) is 8.73. The topological polar surface area (TPSA) is 46.5 Å². The van der Waals surface area contributed by atoms with Crippen molar-refractivity contribution in [3.63, 3.8) is 0 Å². The SMILES string of the molecule is C#CCOc1cc(C(=O)O)ccc1C. The zero-order valence-electron chi connectivity index (χ0n) is 7.78. The number of ether oxygens (including phenoxy) is 1. The van der Waals surface area contributed by atoms with Crippen LogP contribution >= 0.6 is 0 Å². The normalized spacial score (nSPS) is 9.14. The molecule has 0 fully saturated rings. The number of carboxylic acids is 1. The Balaban J connectivity index is 2.97. The Morgan fingerprint density at radius 2 is 2.36 bits per heavy atom. The van der Waals surface area contributed by atoms with Gasteiger partial charge in [0.05, 0.1) is 5.56 Å². The van der Waals surface area contributed by atoms with E-state index in [-0.39, 0.29) is 12.2 Å². The molecule has 0 aromatic heterocycles. The summed E-state index contributed by atoms with van der Waals surface area (Å²) in [6, 6.07) is 4.69. The van der Waals surface area contributed by atoms with Crippen molar-refractivity contribution in [3.05, 3.63) is 29.3 Å². The van der Waals surface area contributed by atoms with E-state index < -0.39 is 5.97 Å². The minimum atomic E-state index is -0.976. The molecule has 1 aromatic rings. The van der Waals surface area contributed by atoms with E-state index in [0.29, 0.717) is 5.75 Å². The lowest BCUT2D eigenvalue weighted by molar-refractivity contribution is 0.0696. The Labute approximate surface area is 82.3 Å². The molecule has 3 nitrogen and oxygen atoms in total. The monoisotopic (exact) mass is 190 g/mol. The van der Waals surface area contributed by atoms with Gasteiger partial charge in [-0.3, -0.25) is 0 Å².